The first-order chi connectivity index (χ1) is 12.9. The zero-order valence-electron chi connectivity index (χ0n) is 15.9. The quantitative estimate of drug-likeness (QED) is 0.644. The summed E-state index contributed by atoms with van der Waals surface area (Å²) in [6.07, 6.45) is -0.582. The van der Waals surface area contributed by atoms with Gasteiger partial charge in [-0.25, -0.2) is 4.79 Å². The van der Waals surface area contributed by atoms with Gasteiger partial charge in [0.15, 0.2) is 6.10 Å². The van der Waals surface area contributed by atoms with Crippen LogP contribution in [0.5, 0.6) is 5.75 Å². The lowest BCUT2D eigenvalue weighted by Crippen LogP contribution is -2.30. The summed E-state index contributed by atoms with van der Waals surface area (Å²) >= 11 is 0. The van der Waals surface area contributed by atoms with Gasteiger partial charge in [-0.15, -0.1) is 0 Å². The van der Waals surface area contributed by atoms with E-state index in [1.807, 2.05) is 75.4 Å². The first-order valence-corrected chi connectivity index (χ1v) is 9.05. The Balaban J connectivity index is 1.78. The fraction of sp³-hybridized carbons (Fsp3) is 0.208. The van der Waals surface area contributed by atoms with Crippen LogP contribution in [0.1, 0.15) is 22.3 Å². The number of hydrogen-bond donors (Lipinski definition) is 1. The maximum Gasteiger partial charge on any atom is 0.345 e. The van der Waals surface area contributed by atoms with E-state index in [1.165, 1.54) is 5.56 Å². The largest absolute Gasteiger partial charge is 0.478 e. The number of carbonyl (C=O) groups is 1. The standard InChI is InChI=1S/C24H24O3/c1-16-13-17(2)22(18(3)14-16)15-23(24(25)26)27-21-11-9-20(10-12-21)19-7-5-4-6-8-19/h4-14,23H,15H2,1-3H3,(H,25,26). The van der Waals surface area contributed by atoms with Crippen molar-refractivity contribution in [1.82, 2.24) is 0 Å². The SMILES string of the molecule is Cc1cc(C)c(CC(Oc2ccc(-c3ccccc3)cc2)C(=O)O)c(C)c1. The monoisotopic (exact) mass is 360 g/mol. The molecule has 3 aromatic rings. The second-order valence-corrected chi connectivity index (χ2v) is 6.92. The molecule has 0 heterocycles. The van der Waals surface area contributed by atoms with Gasteiger partial charge in [-0.2, -0.15) is 0 Å². The van der Waals surface area contributed by atoms with Gasteiger partial charge < -0.3 is 9.84 Å². The molecule has 3 rings (SSSR count). The highest BCUT2D eigenvalue weighted by Gasteiger charge is 2.22. The highest BCUT2D eigenvalue weighted by molar-refractivity contribution is 5.73. The molecular weight excluding hydrogens is 336 g/mol. The number of benzene rings is 3. The summed E-state index contributed by atoms with van der Waals surface area (Å²) in [4.78, 5) is 11.8. The van der Waals surface area contributed by atoms with Crippen LogP contribution in [-0.2, 0) is 11.2 Å². The predicted octanol–water partition coefficient (Wildman–Crippen LogP) is 5.35. The molecule has 0 amide bonds. The van der Waals surface area contributed by atoms with Crippen molar-refractivity contribution in [2.45, 2.75) is 33.3 Å². The maximum absolute atomic E-state index is 11.8. The summed E-state index contributed by atoms with van der Waals surface area (Å²) in [7, 11) is 0. The molecule has 1 N–H and O–H groups in total. The van der Waals surface area contributed by atoms with E-state index in [4.69, 9.17) is 4.74 Å². The van der Waals surface area contributed by atoms with Crippen LogP contribution in [0.15, 0.2) is 66.7 Å². The normalized spacial score (nSPS) is 11.8. The number of aliphatic carboxylic acids is 1. The van der Waals surface area contributed by atoms with Crippen LogP contribution < -0.4 is 4.74 Å². The van der Waals surface area contributed by atoms with Crippen LogP contribution in [-0.4, -0.2) is 17.2 Å². The van der Waals surface area contributed by atoms with Crippen molar-refractivity contribution in [2.75, 3.05) is 0 Å². The van der Waals surface area contributed by atoms with Gasteiger partial charge in [0.05, 0.1) is 0 Å². The zero-order chi connectivity index (χ0) is 19.4. The summed E-state index contributed by atoms with van der Waals surface area (Å²) in [5.41, 5.74) is 6.60. The van der Waals surface area contributed by atoms with Crippen molar-refractivity contribution in [2.24, 2.45) is 0 Å². The van der Waals surface area contributed by atoms with E-state index in [0.29, 0.717) is 12.2 Å². The Bertz CT molecular complexity index is 905. The van der Waals surface area contributed by atoms with Crippen LogP contribution in [0, 0.1) is 20.8 Å². The van der Waals surface area contributed by atoms with E-state index < -0.39 is 12.1 Å². The second kappa shape index (κ2) is 8.09. The summed E-state index contributed by atoms with van der Waals surface area (Å²) in [6, 6.07) is 21.8. The minimum Gasteiger partial charge on any atom is -0.478 e. The molecule has 3 heteroatoms. The molecule has 0 aliphatic rings. The maximum atomic E-state index is 11.8. The zero-order valence-corrected chi connectivity index (χ0v) is 15.9. The Morgan fingerprint density at radius 2 is 1.44 bits per heavy atom. The van der Waals surface area contributed by atoms with E-state index in [0.717, 1.165) is 27.8 Å². The summed E-state index contributed by atoms with van der Waals surface area (Å²) in [6.45, 7) is 6.08. The van der Waals surface area contributed by atoms with E-state index in [-0.39, 0.29) is 0 Å². The van der Waals surface area contributed by atoms with Crippen molar-refractivity contribution in [3.8, 4) is 16.9 Å². The number of carboxylic acids is 1. The lowest BCUT2D eigenvalue weighted by atomic mass is 9.95. The lowest BCUT2D eigenvalue weighted by molar-refractivity contribution is -0.145. The molecule has 0 fully saturated rings. The van der Waals surface area contributed by atoms with Crippen LogP contribution in [0.2, 0.25) is 0 Å². The van der Waals surface area contributed by atoms with Gasteiger partial charge in [0.2, 0.25) is 0 Å². The van der Waals surface area contributed by atoms with Gasteiger partial charge in [0.1, 0.15) is 5.75 Å². The number of rotatable bonds is 6. The van der Waals surface area contributed by atoms with E-state index in [1.54, 1.807) is 0 Å². The number of hydrogen-bond acceptors (Lipinski definition) is 2. The fourth-order valence-electron chi connectivity index (χ4n) is 3.42. The average Bonchev–Trinajstić information content (AvgIpc) is 2.64. The van der Waals surface area contributed by atoms with E-state index in [2.05, 4.69) is 12.1 Å². The Hall–Kier alpha value is -3.07. The minimum absolute atomic E-state index is 0.341. The summed E-state index contributed by atoms with van der Waals surface area (Å²) in [5, 5.41) is 9.64. The van der Waals surface area contributed by atoms with Crippen LogP contribution in [0.3, 0.4) is 0 Å². The number of carboxylic acid groups (broad SMARTS) is 1. The van der Waals surface area contributed by atoms with Gasteiger partial charge in [-0.05, 0) is 60.7 Å². The molecule has 0 aromatic heterocycles. The topological polar surface area (TPSA) is 46.5 Å². The molecule has 0 aliphatic carbocycles. The third-order valence-electron chi connectivity index (χ3n) is 4.75. The van der Waals surface area contributed by atoms with E-state index in [9.17, 15) is 9.90 Å². The molecule has 0 radical (unpaired) electrons. The Labute approximate surface area is 160 Å². The molecule has 0 saturated carbocycles. The molecule has 27 heavy (non-hydrogen) atoms. The lowest BCUT2D eigenvalue weighted by Gasteiger charge is -2.18. The number of aryl methyl sites for hydroxylation is 3. The molecule has 0 aliphatic heterocycles. The third-order valence-corrected chi connectivity index (χ3v) is 4.75. The Morgan fingerprint density at radius 3 is 2.00 bits per heavy atom. The minimum atomic E-state index is -0.957. The van der Waals surface area contributed by atoms with Gasteiger partial charge >= 0.3 is 5.97 Å². The molecule has 0 bridgehead atoms. The molecule has 1 unspecified atom stereocenters. The van der Waals surface area contributed by atoms with Gasteiger partial charge in [0, 0.05) is 6.42 Å². The molecule has 138 valence electrons. The van der Waals surface area contributed by atoms with Crippen molar-refractivity contribution in [3.05, 3.63) is 89.0 Å². The van der Waals surface area contributed by atoms with E-state index >= 15 is 0 Å². The van der Waals surface area contributed by atoms with Gasteiger partial charge in [-0.3, -0.25) is 0 Å². The van der Waals surface area contributed by atoms with Crippen molar-refractivity contribution in [1.29, 1.82) is 0 Å². The first kappa shape index (κ1) is 18.7. The van der Waals surface area contributed by atoms with Crippen LogP contribution in [0.4, 0.5) is 0 Å². The first-order valence-electron chi connectivity index (χ1n) is 9.05. The highest BCUT2D eigenvalue weighted by Crippen LogP contribution is 2.24. The molecule has 0 spiro atoms. The summed E-state index contributed by atoms with van der Waals surface area (Å²) in [5.74, 6) is -0.397. The van der Waals surface area contributed by atoms with Crippen molar-refractivity contribution < 1.29 is 14.6 Å². The van der Waals surface area contributed by atoms with Crippen molar-refractivity contribution in [3.63, 3.8) is 0 Å². The Kier molecular flexibility index (Phi) is 5.60. The molecule has 0 saturated heterocycles. The van der Waals surface area contributed by atoms with Crippen LogP contribution in [0.25, 0.3) is 11.1 Å². The average molecular weight is 360 g/mol. The highest BCUT2D eigenvalue weighted by atomic mass is 16.5. The Morgan fingerprint density at radius 1 is 0.889 bits per heavy atom. The fourth-order valence-corrected chi connectivity index (χ4v) is 3.42. The van der Waals surface area contributed by atoms with Gasteiger partial charge in [-0.1, -0.05) is 60.2 Å². The molecular formula is C24H24O3. The smallest absolute Gasteiger partial charge is 0.345 e. The second-order valence-electron chi connectivity index (χ2n) is 6.92. The molecule has 3 aromatic carbocycles. The molecule has 1 atom stereocenters. The van der Waals surface area contributed by atoms with Crippen LogP contribution >= 0.6 is 0 Å². The van der Waals surface area contributed by atoms with Gasteiger partial charge in [0.25, 0.3) is 0 Å². The number of ether oxygens (including phenoxy) is 1. The third kappa shape index (κ3) is 4.56. The predicted molar refractivity (Wildman–Crippen MR) is 108 cm³/mol. The van der Waals surface area contributed by atoms with Crippen molar-refractivity contribution >= 4 is 5.97 Å². The molecule has 3 nitrogen and oxygen atoms in total. The summed E-state index contributed by atoms with van der Waals surface area (Å²) < 4.78 is 5.81.